The summed E-state index contributed by atoms with van der Waals surface area (Å²) in [6, 6.07) is 25.9. The molecule has 0 radical (unpaired) electrons. The second-order valence-electron chi connectivity index (χ2n) is 5.81. The van der Waals surface area contributed by atoms with Gasteiger partial charge in [0, 0.05) is 11.1 Å². The number of carbonyl (C=O) groups is 1. The second-order valence-corrected chi connectivity index (χ2v) is 5.81. The molecular formula is C22H17NO3. The molecule has 0 aliphatic heterocycles. The number of Topliss-reactive ketones (excluding diaryl/α,β-unsaturated/α-hetero) is 1. The molecule has 0 spiro atoms. The SMILES string of the molecule is N#CC(OCc1ccccc1)(C(=O)c1ccccc1)c1ccc(O)cc1. The van der Waals surface area contributed by atoms with Crippen LogP contribution in [-0.4, -0.2) is 10.9 Å². The van der Waals surface area contributed by atoms with Crippen molar-refractivity contribution in [3.63, 3.8) is 0 Å². The largest absolute Gasteiger partial charge is 0.508 e. The number of nitrogens with zero attached hydrogens (tertiary/aromatic N) is 1. The van der Waals surface area contributed by atoms with E-state index in [1.807, 2.05) is 30.3 Å². The van der Waals surface area contributed by atoms with E-state index in [-0.39, 0.29) is 12.4 Å². The molecular weight excluding hydrogens is 326 g/mol. The van der Waals surface area contributed by atoms with Crippen LogP contribution in [0.25, 0.3) is 0 Å². The summed E-state index contributed by atoms with van der Waals surface area (Å²) in [6.45, 7) is 0.105. The minimum absolute atomic E-state index is 0.0517. The molecule has 4 nitrogen and oxygen atoms in total. The lowest BCUT2D eigenvalue weighted by molar-refractivity contribution is -0.00545. The lowest BCUT2D eigenvalue weighted by Crippen LogP contribution is -2.37. The molecule has 3 aromatic carbocycles. The molecule has 0 aliphatic rings. The summed E-state index contributed by atoms with van der Waals surface area (Å²) in [5.41, 5.74) is -0.185. The predicted octanol–water partition coefficient (Wildman–Crippen LogP) is 4.21. The summed E-state index contributed by atoms with van der Waals surface area (Å²) in [5.74, 6) is -0.391. The highest BCUT2D eigenvalue weighted by Gasteiger charge is 2.42. The molecule has 1 N–H and O–H groups in total. The molecule has 0 aromatic heterocycles. The van der Waals surface area contributed by atoms with Crippen LogP contribution in [0.3, 0.4) is 0 Å². The molecule has 1 unspecified atom stereocenters. The average molecular weight is 343 g/mol. The van der Waals surface area contributed by atoms with E-state index in [4.69, 9.17) is 4.74 Å². The Morgan fingerprint density at radius 2 is 1.50 bits per heavy atom. The molecule has 4 heteroatoms. The van der Waals surface area contributed by atoms with E-state index in [9.17, 15) is 15.2 Å². The third kappa shape index (κ3) is 3.49. The molecule has 0 amide bonds. The third-order valence-corrected chi connectivity index (χ3v) is 4.09. The van der Waals surface area contributed by atoms with Crippen LogP contribution in [0.5, 0.6) is 5.75 Å². The molecule has 0 bridgehead atoms. The topological polar surface area (TPSA) is 70.3 Å². The second kappa shape index (κ2) is 7.64. The van der Waals surface area contributed by atoms with E-state index in [2.05, 4.69) is 6.07 Å². The van der Waals surface area contributed by atoms with Gasteiger partial charge < -0.3 is 9.84 Å². The van der Waals surface area contributed by atoms with E-state index in [0.717, 1.165) is 5.56 Å². The first-order valence-corrected chi connectivity index (χ1v) is 8.14. The van der Waals surface area contributed by atoms with Gasteiger partial charge >= 0.3 is 0 Å². The van der Waals surface area contributed by atoms with Crippen LogP contribution in [-0.2, 0) is 16.9 Å². The van der Waals surface area contributed by atoms with Crippen molar-refractivity contribution in [2.24, 2.45) is 0 Å². The fourth-order valence-corrected chi connectivity index (χ4v) is 2.68. The maximum atomic E-state index is 13.2. The van der Waals surface area contributed by atoms with Crippen molar-refractivity contribution in [3.05, 3.63) is 102 Å². The molecule has 0 fully saturated rings. The van der Waals surface area contributed by atoms with Crippen LogP contribution in [0.15, 0.2) is 84.9 Å². The molecule has 0 aliphatic carbocycles. The summed E-state index contributed by atoms with van der Waals surface area (Å²) in [5, 5.41) is 19.5. The Hall–Kier alpha value is -3.42. The smallest absolute Gasteiger partial charge is 0.243 e. The highest BCUT2D eigenvalue weighted by Crippen LogP contribution is 2.32. The Labute approximate surface area is 151 Å². The zero-order valence-corrected chi connectivity index (χ0v) is 14.0. The normalized spacial score (nSPS) is 12.7. The number of hydrogen-bond acceptors (Lipinski definition) is 4. The van der Waals surface area contributed by atoms with Crippen LogP contribution < -0.4 is 0 Å². The van der Waals surface area contributed by atoms with Gasteiger partial charge in [-0.1, -0.05) is 72.8 Å². The van der Waals surface area contributed by atoms with Crippen LogP contribution in [0.2, 0.25) is 0 Å². The van der Waals surface area contributed by atoms with Crippen LogP contribution >= 0.6 is 0 Å². The average Bonchev–Trinajstić information content (AvgIpc) is 2.71. The highest BCUT2D eigenvalue weighted by atomic mass is 16.5. The minimum atomic E-state index is -1.80. The number of benzene rings is 3. The summed E-state index contributed by atoms with van der Waals surface area (Å²) in [6.07, 6.45) is 0. The van der Waals surface area contributed by atoms with E-state index in [1.165, 1.54) is 24.3 Å². The van der Waals surface area contributed by atoms with Gasteiger partial charge in [0.2, 0.25) is 11.4 Å². The first kappa shape index (κ1) is 17.4. The van der Waals surface area contributed by atoms with Crippen molar-refractivity contribution in [3.8, 4) is 11.8 Å². The van der Waals surface area contributed by atoms with Gasteiger partial charge in [-0.25, -0.2) is 0 Å². The number of nitriles is 1. The highest BCUT2D eigenvalue weighted by molar-refractivity contribution is 6.05. The number of phenols is 1. The molecule has 1 atom stereocenters. The first-order chi connectivity index (χ1) is 12.7. The van der Waals surface area contributed by atoms with E-state index < -0.39 is 11.4 Å². The third-order valence-electron chi connectivity index (χ3n) is 4.09. The number of ether oxygens (including phenoxy) is 1. The van der Waals surface area contributed by atoms with Gasteiger partial charge in [0.1, 0.15) is 11.8 Å². The molecule has 128 valence electrons. The quantitative estimate of drug-likeness (QED) is 0.681. The number of carbonyl (C=O) groups excluding carboxylic acids is 1. The number of phenolic OH excluding ortho intramolecular Hbond substituents is 1. The van der Waals surface area contributed by atoms with Crippen molar-refractivity contribution in [2.45, 2.75) is 12.2 Å². The van der Waals surface area contributed by atoms with E-state index in [0.29, 0.717) is 11.1 Å². The molecule has 3 aromatic rings. The van der Waals surface area contributed by atoms with Crippen LogP contribution in [0.1, 0.15) is 21.5 Å². The zero-order valence-electron chi connectivity index (χ0n) is 14.0. The Morgan fingerprint density at radius 3 is 2.08 bits per heavy atom. The lowest BCUT2D eigenvalue weighted by atomic mass is 9.86. The van der Waals surface area contributed by atoms with Gasteiger partial charge in [0.15, 0.2) is 0 Å². The first-order valence-electron chi connectivity index (χ1n) is 8.14. The monoisotopic (exact) mass is 343 g/mol. The Balaban J connectivity index is 2.03. The number of hydrogen-bond donors (Lipinski definition) is 1. The number of ketones is 1. The lowest BCUT2D eigenvalue weighted by Gasteiger charge is -2.26. The summed E-state index contributed by atoms with van der Waals surface area (Å²) < 4.78 is 5.91. The predicted molar refractivity (Wildman–Crippen MR) is 97.4 cm³/mol. The van der Waals surface area contributed by atoms with E-state index >= 15 is 0 Å². The molecule has 3 rings (SSSR count). The zero-order chi connectivity index (χ0) is 18.4. The molecule has 0 saturated carbocycles. The van der Waals surface area contributed by atoms with Gasteiger partial charge in [-0.3, -0.25) is 4.79 Å². The Kier molecular flexibility index (Phi) is 5.12. The van der Waals surface area contributed by atoms with Gasteiger partial charge in [-0.2, -0.15) is 5.26 Å². The van der Waals surface area contributed by atoms with Gasteiger partial charge in [-0.05, 0) is 17.7 Å². The molecule has 0 saturated heterocycles. The van der Waals surface area contributed by atoms with Crippen molar-refractivity contribution in [1.82, 2.24) is 0 Å². The van der Waals surface area contributed by atoms with Crippen molar-refractivity contribution in [1.29, 1.82) is 5.26 Å². The fraction of sp³-hybridized carbons (Fsp3) is 0.0909. The molecule has 0 heterocycles. The van der Waals surface area contributed by atoms with E-state index in [1.54, 1.807) is 30.3 Å². The number of rotatable bonds is 6. The Bertz CT molecular complexity index is 915. The van der Waals surface area contributed by atoms with Gasteiger partial charge in [0.25, 0.3) is 0 Å². The minimum Gasteiger partial charge on any atom is -0.508 e. The summed E-state index contributed by atoms with van der Waals surface area (Å²) >= 11 is 0. The van der Waals surface area contributed by atoms with Crippen molar-refractivity contribution in [2.75, 3.05) is 0 Å². The standard InChI is InChI=1S/C22H17NO3/c23-16-22(19-11-13-20(24)14-12-19,21(25)18-9-5-2-6-10-18)26-15-17-7-3-1-4-8-17/h1-14,24H,15H2. The maximum Gasteiger partial charge on any atom is 0.243 e. The summed E-state index contributed by atoms with van der Waals surface area (Å²) in [7, 11) is 0. The number of aromatic hydroxyl groups is 1. The van der Waals surface area contributed by atoms with Crippen LogP contribution in [0.4, 0.5) is 0 Å². The van der Waals surface area contributed by atoms with Crippen molar-refractivity contribution < 1.29 is 14.6 Å². The fourth-order valence-electron chi connectivity index (χ4n) is 2.68. The van der Waals surface area contributed by atoms with Gasteiger partial charge in [-0.15, -0.1) is 0 Å². The van der Waals surface area contributed by atoms with Gasteiger partial charge in [0.05, 0.1) is 6.61 Å². The maximum absolute atomic E-state index is 13.2. The Morgan fingerprint density at radius 1 is 0.923 bits per heavy atom. The van der Waals surface area contributed by atoms with Crippen molar-refractivity contribution >= 4 is 5.78 Å². The van der Waals surface area contributed by atoms with Crippen LogP contribution in [0, 0.1) is 11.3 Å². The molecule has 26 heavy (non-hydrogen) atoms. The summed E-state index contributed by atoms with van der Waals surface area (Å²) in [4.78, 5) is 13.2.